The fraction of sp³-hybridized carbons (Fsp3) is 0.682. The van der Waals surface area contributed by atoms with Gasteiger partial charge in [0.25, 0.3) is 0 Å². The summed E-state index contributed by atoms with van der Waals surface area (Å²) in [5.74, 6) is 3.10. The highest BCUT2D eigenvalue weighted by Gasteiger charge is 2.18. The fourth-order valence-corrected chi connectivity index (χ4v) is 3.70. The number of aliphatic imine (C=N–C) groups is 1. The summed E-state index contributed by atoms with van der Waals surface area (Å²) >= 11 is 0. The van der Waals surface area contributed by atoms with Crippen molar-refractivity contribution in [1.82, 2.24) is 15.5 Å². The number of hydrogen-bond donors (Lipinski definition) is 2. The summed E-state index contributed by atoms with van der Waals surface area (Å²) in [4.78, 5) is 6.96. The lowest BCUT2D eigenvalue weighted by atomic mass is 9.96. The van der Waals surface area contributed by atoms with E-state index in [-0.39, 0.29) is 0 Å². The lowest BCUT2D eigenvalue weighted by Crippen LogP contribution is -2.43. The predicted molar refractivity (Wildman–Crippen MR) is 115 cm³/mol. The molecule has 1 aliphatic rings. The van der Waals surface area contributed by atoms with Crippen LogP contribution >= 0.6 is 0 Å². The van der Waals surface area contributed by atoms with E-state index in [0.29, 0.717) is 5.92 Å². The van der Waals surface area contributed by atoms with Crippen LogP contribution in [-0.4, -0.2) is 57.7 Å². The molecule has 0 saturated carbocycles. The zero-order chi connectivity index (χ0) is 19.5. The number of piperidine rings is 1. The van der Waals surface area contributed by atoms with Crippen LogP contribution in [0.4, 0.5) is 0 Å². The van der Waals surface area contributed by atoms with E-state index in [1.807, 2.05) is 19.2 Å². The molecule has 5 nitrogen and oxygen atoms in total. The minimum absolute atomic E-state index is 0.504. The highest BCUT2D eigenvalue weighted by Crippen LogP contribution is 2.21. The number of nitrogens with zero attached hydrogens (tertiary/aromatic N) is 2. The molecule has 0 spiro atoms. The van der Waals surface area contributed by atoms with E-state index in [0.717, 1.165) is 37.1 Å². The van der Waals surface area contributed by atoms with Gasteiger partial charge < -0.3 is 20.3 Å². The van der Waals surface area contributed by atoms with Crippen molar-refractivity contribution in [3.05, 3.63) is 29.8 Å². The van der Waals surface area contributed by atoms with E-state index in [1.165, 1.54) is 44.5 Å². The highest BCUT2D eigenvalue weighted by atomic mass is 16.5. The van der Waals surface area contributed by atoms with Crippen molar-refractivity contribution < 1.29 is 4.74 Å². The molecule has 1 fully saturated rings. The van der Waals surface area contributed by atoms with Gasteiger partial charge in [-0.15, -0.1) is 0 Å². The molecule has 1 aliphatic heterocycles. The molecule has 0 aliphatic carbocycles. The van der Waals surface area contributed by atoms with Gasteiger partial charge in [0.2, 0.25) is 0 Å². The van der Waals surface area contributed by atoms with E-state index >= 15 is 0 Å². The number of methoxy groups -OCH3 is 1. The van der Waals surface area contributed by atoms with E-state index in [9.17, 15) is 0 Å². The minimum atomic E-state index is 0.504. The molecule has 1 atom stereocenters. The third-order valence-electron chi connectivity index (χ3n) is 5.58. The lowest BCUT2D eigenvalue weighted by Gasteiger charge is -2.32. The van der Waals surface area contributed by atoms with Gasteiger partial charge >= 0.3 is 0 Å². The average Bonchev–Trinajstić information content (AvgIpc) is 2.71. The SMILES string of the molecule is CCCN1CCC(CNC(=NC)NCCC(C)c2ccc(OC)cc2)CC1. The summed E-state index contributed by atoms with van der Waals surface area (Å²) in [5.41, 5.74) is 1.35. The summed E-state index contributed by atoms with van der Waals surface area (Å²) in [7, 11) is 3.56. The monoisotopic (exact) mass is 374 g/mol. The predicted octanol–water partition coefficient (Wildman–Crippen LogP) is 3.48. The Morgan fingerprint density at radius 3 is 2.52 bits per heavy atom. The molecule has 1 heterocycles. The Morgan fingerprint density at radius 2 is 1.93 bits per heavy atom. The summed E-state index contributed by atoms with van der Waals surface area (Å²) < 4.78 is 5.23. The number of nitrogens with one attached hydrogen (secondary N) is 2. The largest absolute Gasteiger partial charge is 0.497 e. The first-order chi connectivity index (χ1) is 13.2. The van der Waals surface area contributed by atoms with Crippen LogP contribution in [0, 0.1) is 5.92 Å². The number of rotatable bonds is 9. The second-order valence-electron chi connectivity index (χ2n) is 7.63. The third-order valence-corrected chi connectivity index (χ3v) is 5.58. The quantitative estimate of drug-likeness (QED) is 0.513. The second-order valence-corrected chi connectivity index (χ2v) is 7.63. The Labute approximate surface area is 165 Å². The number of ether oxygens (including phenoxy) is 1. The molecule has 2 rings (SSSR count). The van der Waals surface area contributed by atoms with Crippen molar-refractivity contribution in [3.8, 4) is 5.75 Å². The van der Waals surface area contributed by atoms with Gasteiger partial charge in [0.1, 0.15) is 5.75 Å². The van der Waals surface area contributed by atoms with Gasteiger partial charge in [-0.1, -0.05) is 26.0 Å². The van der Waals surface area contributed by atoms with Crippen LogP contribution in [0.2, 0.25) is 0 Å². The van der Waals surface area contributed by atoms with Crippen LogP contribution in [0.3, 0.4) is 0 Å². The van der Waals surface area contributed by atoms with Crippen LogP contribution in [0.25, 0.3) is 0 Å². The van der Waals surface area contributed by atoms with Gasteiger partial charge in [0.05, 0.1) is 7.11 Å². The Morgan fingerprint density at radius 1 is 1.22 bits per heavy atom. The Hall–Kier alpha value is -1.75. The second kappa shape index (κ2) is 11.9. The van der Waals surface area contributed by atoms with Gasteiger partial charge in [-0.05, 0) is 74.8 Å². The fourth-order valence-electron chi connectivity index (χ4n) is 3.70. The van der Waals surface area contributed by atoms with Crippen LogP contribution in [0.15, 0.2) is 29.3 Å². The number of benzene rings is 1. The van der Waals surface area contributed by atoms with Crippen molar-refractivity contribution >= 4 is 5.96 Å². The molecule has 1 aromatic rings. The number of guanidine groups is 1. The molecule has 1 unspecified atom stereocenters. The molecule has 1 aromatic carbocycles. The Balaban J connectivity index is 1.65. The summed E-state index contributed by atoms with van der Waals surface area (Å²) in [6.07, 6.45) is 4.91. The molecular formula is C22H38N4O. The molecule has 5 heteroatoms. The molecule has 27 heavy (non-hydrogen) atoms. The zero-order valence-electron chi connectivity index (χ0n) is 17.6. The van der Waals surface area contributed by atoms with Gasteiger partial charge in [-0.3, -0.25) is 4.99 Å². The first-order valence-corrected chi connectivity index (χ1v) is 10.5. The van der Waals surface area contributed by atoms with Gasteiger partial charge in [0.15, 0.2) is 5.96 Å². The van der Waals surface area contributed by atoms with E-state index in [2.05, 4.69) is 46.5 Å². The molecule has 0 aromatic heterocycles. The van der Waals surface area contributed by atoms with Gasteiger partial charge in [-0.25, -0.2) is 0 Å². The Kier molecular flexibility index (Phi) is 9.46. The van der Waals surface area contributed by atoms with Crippen molar-refractivity contribution in [1.29, 1.82) is 0 Å². The number of hydrogen-bond acceptors (Lipinski definition) is 3. The smallest absolute Gasteiger partial charge is 0.190 e. The maximum absolute atomic E-state index is 5.23. The maximum atomic E-state index is 5.23. The summed E-state index contributed by atoms with van der Waals surface area (Å²) in [6.45, 7) is 10.2. The summed E-state index contributed by atoms with van der Waals surface area (Å²) in [6, 6.07) is 8.38. The van der Waals surface area contributed by atoms with Gasteiger partial charge in [-0.2, -0.15) is 0 Å². The maximum Gasteiger partial charge on any atom is 0.190 e. The Bertz CT molecular complexity index is 550. The van der Waals surface area contributed by atoms with Gasteiger partial charge in [0, 0.05) is 20.1 Å². The first kappa shape index (κ1) is 21.5. The standard InChI is InChI=1S/C22H38N4O/c1-5-14-26-15-11-19(12-16-26)17-25-22(23-3)24-13-10-18(2)20-6-8-21(27-4)9-7-20/h6-9,18-19H,5,10-17H2,1-4H3,(H2,23,24,25). The van der Waals surface area contributed by atoms with Crippen LogP contribution in [0.5, 0.6) is 5.75 Å². The number of likely N-dealkylation sites (tertiary alicyclic amines) is 1. The minimum Gasteiger partial charge on any atom is -0.497 e. The lowest BCUT2D eigenvalue weighted by molar-refractivity contribution is 0.185. The van der Waals surface area contributed by atoms with Crippen molar-refractivity contribution in [2.75, 3.05) is 46.9 Å². The normalized spacial score (nSPS) is 17.6. The van der Waals surface area contributed by atoms with Crippen molar-refractivity contribution in [3.63, 3.8) is 0 Å². The van der Waals surface area contributed by atoms with Crippen LogP contribution in [-0.2, 0) is 0 Å². The highest BCUT2D eigenvalue weighted by molar-refractivity contribution is 5.79. The first-order valence-electron chi connectivity index (χ1n) is 10.5. The molecule has 0 bridgehead atoms. The molecular weight excluding hydrogens is 336 g/mol. The topological polar surface area (TPSA) is 48.9 Å². The average molecular weight is 375 g/mol. The zero-order valence-corrected chi connectivity index (χ0v) is 17.6. The van der Waals surface area contributed by atoms with Crippen molar-refractivity contribution in [2.24, 2.45) is 10.9 Å². The molecule has 1 saturated heterocycles. The summed E-state index contributed by atoms with van der Waals surface area (Å²) in [5, 5.41) is 6.98. The van der Waals surface area contributed by atoms with Crippen LogP contribution in [0.1, 0.15) is 51.0 Å². The molecule has 0 amide bonds. The van der Waals surface area contributed by atoms with E-state index in [4.69, 9.17) is 4.74 Å². The van der Waals surface area contributed by atoms with Crippen molar-refractivity contribution in [2.45, 2.75) is 45.4 Å². The third kappa shape index (κ3) is 7.41. The molecule has 2 N–H and O–H groups in total. The molecule has 152 valence electrons. The van der Waals surface area contributed by atoms with E-state index in [1.54, 1.807) is 7.11 Å². The molecule has 0 radical (unpaired) electrons. The van der Waals surface area contributed by atoms with Crippen LogP contribution < -0.4 is 15.4 Å². The van der Waals surface area contributed by atoms with E-state index < -0.39 is 0 Å².